The summed E-state index contributed by atoms with van der Waals surface area (Å²) in [5.74, 6) is -0.742. The molecule has 0 saturated heterocycles. The third kappa shape index (κ3) is 5.88. The second-order valence-electron chi connectivity index (χ2n) is 5.85. The molecule has 5 heteroatoms. The summed E-state index contributed by atoms with van der Waals surface area (Å²) in [6.07, 6.45) is 2.83. The number of nitrogens with two attached hydrogens (primary N) is 1. The van der Waals surface area contributed by atoms with E-state index in [1.807, 2.05) is 30.3 Å². The number of carbonyl (C=O) groups excluding carboxylic acids is 1. The van der Waals surface area contributed by atoms with Gasteiger partial charge in [0.1, 0.15) is 5.84 Å². The van der Waals surface area contributed by atoms with Crippen molar-refractivity contribution in [3.63, 3.8) is 0 Å². The maximum Gasteiger partial charge on any atom is 0.273 e. The van der Waals surface area contributed by atoms with Gasteiger partial charge in [-0.05, 0) is 49.4 Å². The highest BCUT2D eigenvalue weighted by molar-refractivity contribution is 6.65. The Kier molecular flexibility index (Phi) is 6.89. The van der Waals surface area contributed by atoms with Gasteiger partial charge in [-0.3, -0.25) is 10.2 Å². The van der Waals surface area contributed by atoms with E-state index in [4.69, 9.17) is 11.1 Å². The van der Waals surface area contributed by atoms with Gasteiger partial charge in [0.15, 0.2) is 5.71 Å². The number of nitrogens with one attached hydrogen (secondary N) is 2. The topological polar surface area (TPSA) is 91.3 Å². The van der Waals surface area contributed by atoms with E-state index < -0.39 is 5.91 Å². The minimum absolute atomic E-state index is 0.0508. The summed E-state index contributed by atoms with van der Waals surface area (Å²) in [4.78, 5) is 16.4. The van der Waals surface area contributed by atoms with Crippen molar-refractivity contribution in [3.05, 3.63) is 65.7 Å². The standard InChI is InChI=1S/C20H24N4O/c1-15-9-5-6-10-16(15)11-7-8-14-23-20(25)18(19(21)22)24-17-12-3-2-4-13-17/h2-6,9-10,12-13H,7-8,11,14H2,1H3,(H3,21,22)(H,23,25)/b24-18+. The lowest BCUT2D eigenvalue weighted by Gasteiger charge is -2.08. The first kappa shape index (κ1) is 18.4. The van der Waals surface area contributed by atoms with E-state index in [-0.39, 0.29) is 11.5 Å². The molecule has 2 aromatic rings. The molecular weight excluding hydrogens is 312 g/mol. The van der Waals surface area contributed by atoms with Crippen LogP contribution in [0.4, 0.5) is 5.69 Å². The second kappa shape index (κ2) is 9.37. The zero-order valence-electron chi connectivity index (χ0n) is 14.5. The van der Waals surface area contributed by atoms with E-state index in [1.165, 1.54) is 11.1 Å². The molecule has 0 aliphatic rings. The van der Waals surface area contributed by atoms with Gasteiger partial charge in [-0.25, -0.2) is 4.99 Å². The summed E-state index contributed by atoms with van der Waals surface area (Å²) < 4.78 is 0. The molecule has 0 radical (unpaired) electrons. The molecule has 130 valence electrons. The van der Waals surface area contributed by atoms with Crippen LogP contribution in [0.15, 0.2) is 59.6 Å². The second-order valence-corrected chi connectivity index (χ2v) is 5.85. The number of carbonyl (C=O) groups is 1. The summed E-state index contributed by atoms with van der Waals surface area (Å²) >= 11 is 0. The minimum atomic E-state index is -0.410. The summed E-state index contributed by atoms with van der Waals surface area (Å²) in [6, 6.07) is 17.3. The lowest BCUT2D eigenvalue weighted by Crippen LogP contribution is -2.39. The quantitative estimate of drug-likeness (QED) is 0.392. The van der Waals surface area contributed by atoms with Crippen LogP contribution in [0.3, 0.4) is 0 Å². The zero-order valence-corrected chi connectivity index (χ0v) is 14.5. The van der Waals surface area contributed by atoms with Crippen molar-refractivity contribution < 1.29 is 4.79 Å². The molecule has 25 heavy (non-hydrogen) atoms. The number of amides is 1. The lowest BCUT2D eigenvalue weighted by molar-refractivity contribution is -0.114. The Balaban J connectivity index is 1.83. The Bertz CT molecular complexity index is 753. The van der Waals surface area contributed by atoms with Gasteiger partial charge in [-0.1, -0.05) is 42.5 Å². The Morgan fingerprint density at radius 3 is 2.44 bits per heavy atom. The minimum Gasteiger partial charge on any atom is -0.382 e. The first-order chi connectivity index (χ1) is 12.1. The Hall–Kier alpha value is -2.95. The van der Waals surface area contributed by atoms with Crippen LogP contribution < -0.4 is 11.1 Å². The summed E-state index contributed by atoms with van der Waals surface area (Å²) in [6.45, 7) is 2.64. The average Bonchev–Trinajstić information content (AvgIpc) is 2.61. The van der Waals surface area contributed by atoms with Gasteiger partial charge in [0.05, 0.1) is 5.69 Å². The van der Waals surface area contributed by atoms with Crippen molar-refractivity contribution >= 4 is 23.1 Å². The molecule has 0 atom stereocenters. The van der Waals surface area contributed by atoms with Crippen molar-refractivity contribution in [1.29, 1.82) is 5.41 Å². The average molecular weight is 336 g/mol. The van der Waals surface area contributed by atoms with E-state index in [1.54, 1.807) is 12.1 Å². The molecule has 0 fully saturated rings. The van der Waals surface area contributed by atoms with E-state index in [9.17, 15) is 4.79 Å². The first-order valence-corrected chi connectivity index (χ1v) is 8.39. The van der Waals surface area contributed by atoms with Crippen molar-refractivity contribution in [2.75, 3.05) is 6.54 Å². The highest BCUT2D eigenvalue weighted by atomic mass is 16.1. The fraction of sp³-hybridized carbons (Fsp3) is 0.250. The number of amidine groups is 1. The maximum atomic E-state index is 12.2. The van der Waals surface area contributed by atoms with Crippen LogP contribution in [-0.2, 0) is 11.2 Å². The fourth-order valence-corrected chi connectivity index (χ4v) is 2.48. The highest BCUT2D eigenvalue weighted by Crippen LogP contribution is 2.11. The molecule has 0 unspecified atom stereocenters. The smallest absolute Gasteiger partial charge is 0.273 e. The molecule has 2 rings (SSSR count). The van der Waals surface area contributed by atoms with Gasteiger partial charge >= 0.3 is 0 Å². The van der Waals surface area contributed by atoms with Crippen molar-refractivity contribution in [1.82, 2.24) is 5.32 Å². The van der Waals surface area contributed by atoms with Gasteiger partial charge in [-0.15, -0.1) is 0 Å². The highest BCUT2D eigenvalue weighted by Gasteiger charge is 2.14. The SMILES string of the molecule is Cc1ccccc1CCCCNC(=O)/C(=N/c1ccccc1)C(=N)N. The maximum absolute atomic E-state index is 12.2. The molecule has 0 aliphatic heterocycles. The number of nitrogens with zero attached hydrogens (tertiary/aromatic N) is 1. The third-order valence-electron chi connectivity index (χ3n) is 3.89. The summed E-state index contributed by atoms with van der Waals surface area (Å²) in [5.41, 5.74) is 8.68. The van der Waals surface area contributed by atoms with E-state index in [2.05, 4.69) is 29.4 Å². The Morgan fingerprint density at radius 1 is 1.08 bits per heavy atom. The van der Waals surface area contributed by atoms with Gasteiger partial charge in [0.2, 0.25) is 0 Å². The Labute approximate surface area is 148 Å². The Morgan fingerprint density at radius 2 is 1.76 bits per heavy atom. The number of benzene rings is 2. The van der Waals surface area contributed by atoms with Crippen LogP contribution in [0.1, 0.15) is 24.0 Å². The van der Waals surface area contributed by atoms with Crippen molar-refractivity contribution in [2.24, 2.45) is 10.7 Å². The molecule has 0 heterocycles. The number of hydrogen-bond donors (Lipinski definition) is 3. The van der Waals surface area contributed by atoms with E-state index in [0.29, 0.717) is 12.2 Å². The molecule has 0 aromatic heterocycles. The van der Waals surface area contributed by atoms with Gasteiger partial charge < -0.3 is 11.1 Å². The molecule has 2 aromatic carbocycles. The van der Waals surface area contributed by atoms with Crippen LogP contribution in [0.25, 0.3) is 0 Å². The predicted octanol–water partition coefficient (Wildman–Crippen LogP) is 3.14. The summed E-state index contributed by atoms with van der Waals surface area (Å²) in [5, 5.41) is 10.4. The molecule has 0 bridgehead atoms. The zero-order chi connectivity index (χ0) is 18.1. The van der Waals surface area contributed by atoms with Crippen LogP contribution in [0.5, 0.6) is 0 Å². The number of aryl methyl sites for hydroxylation is 2. The molecule has 0 aliphatic carbocycles. The van der Waals surface area contributed by atoms with Crippen molar-refractivity contribution in [3.8, 4) is 0 Å². The van der Waals surface area contributed by atoms with E-state index >= 15 is 0 Å². The van der Waals surface area contributed by atoms with Gasteiger partial charge in [0.25, 0.3) is 5.91 Å². The normalized spacial score (nSPS) is 11.2. The van der Waals surface area contributed by atoms with Crippen LogP contribution in [-0.4, -0.2) is 24.0 Å². The molecular formula is C20H24N4O. The predicted molar refractivity (Wildman–Crippen MR) is 103 cm³/mol. The molecule has 1 amide bonds. The third-order valence-corrected chi connectivity index (χ3v) is 3.89. The number of para-hydroxylation sites is 1. The number of rotatable bonds is 8. The first-order valence-electron chi connectivity index (χ1n) is 8.39. The van der Waals surface area contributed by atoms with Crippen molar-refractivity contribution in [2.45, 2.75) is 26.2 Å². The molecule has 4 N–H and O–H groups in total. The monoisotopic (exact) mass is 336 g/mol. The number of unbranched alkanes of at least 4 members (excludes halogenated alkanes) is 1. The van der Waals surface area contributed by atoms with Crippen LogP contribution >= 0.6 is 0 Å². The largest absolute Gasteiger partial charge is 0.382 e. The fourth-order valence-electron chi connectivity index (χ4n) is 2.48. The number of hydrogen-bond acceptors (Lipinski definition) is 3. The summed E-state index contributed by atoms with van der Waals surface area (Å²) in [7, 11) is 0. The molecule has 5 nitrogen and oxygen atoms in total. The van der Waals surface area contributed by atoms with Crippen LogP contribution in [0, 0.1) is 12.3 Å². The molecule has 0 spiro atoms. The van der Waals surface area contributed by atoms with Gasteiger partial charge in [0, 0.05) is 6.54 Å². The van der Waals surface area contributed by atoms with Gasteiger partial charge in [-0.2, -0.15) is 0 Å². The number of aliphatic imine (C=N–C) groups is 1. The van der Waals surface area contributed by atoms with Crippen LogP contribution in [0.2, 0.25) is 0 Å². The van der Waals surface area contributed by atoms with E-state index in [0.717, 1.165) is 19.3 Å². The molecule has 0 saturated carbocycles. The lowest BCUT2D eigenvalue weighted by atomic mass is 10.0.